The van der Waals surface area contributed by atoms with Crippen LogP contribution in [0.2, 0.25) is 0 Å². The van der Waals surface area contributed by atoms with Gasteiger partial charge in [0.1, 0.15) is 11.9 Å². The van der Waals surface area contributed by atoms with E-state index in [0.29, 0.717) is 0 Å². The molecule has 1 aromatic rings. The summed E-state index contributed by atoms with van der Waals surface area (Å²) in [5.74, 6) is -1.08. The Morgan fingerprint density at radius 3 is 2.81 bits per heavy atom. The summed E-state index contributed by atoms with van der Waals surface area (Å²) >= 11 is 0. The third kappa shape index (κ3) is 2.78. The van der Waals surface area contributed by atoms with Gasteiger partial charge in [-0.1, -0.05) is 0 Å². The summed E-state index contributed by atoms with van der Waals surface area (Å²) < 4.78 is 18.1. The van der Waals surface area contributed by atoms with Gasteiger partial charge in [-0.05, 0) is 25.1 Å². The Morgan fingerprint density at radius 1 is 1.62 bits per heavy atom. The van der Waals surface area contributed by atoms with Crippen molar-refractivity contribution >= 4 is 11.6 Å². The molecule has 0 bridgehead atoms. The van der Waals surface area contributed by atoms with Gasteiger partial charge in [-0.25, -0.2) is 4.39 Å². The van der Waals surface area contributed by atoms with Crippen LogP contribution in [0.4, 0.5) is 10.1 Å². The molecular formula is C11H11FN2O2. The minimum atomic E-state index is -0.657. The first-order valence-electron chi connectivity index (χ1n) is 4.61. The normalized spacial score (nSPS) is 11.6. The van der Waals surface area contributed by atoms with E-state index in [2.05, 4.69) is 5.32 Å². The molecule has 0 saturated carbocycles. The third-order valence-electron chi connectivity index (χ3n) is 2.08. The summed E-state index contributed by atoms with van der Waals surface area (Å²) in [6.45, 7) is 1.55. The van der Waals surface area contributed by atoms with E-state index in [1.807, 2.05) is 0 Å². The number of halogens is 1. The van der Waals surface area contributed by atoms with E-state index in [9.17, 15) is 9.18 Å². The first kappa shape index (κ1) is 12.1. The number of anilines is 1. The number of nitrogens with zero attached hydrogens (tertiary/aromatic N) is 1. The van der Waals surface area contributed by atoms with Crippen molar-refractivity contribution in [2.45, 2.75) is 13.0 Å². The zero-order valence-corrected chi connectivity index (χ0v) is 8.95. The Labute approximate surface area is 92.6 Å². The molecule has 0 aromatic heterocycles. The average Bonchev–Trinajstić information content (AvgIpc) is 2.30. The third-order valence-corrected chi connectivity index (χ3v) is 2.08. The molecule has 1 N–H and O–H groups in total. The van der Waals surface area contributed by atoms with Crippen LogP contribution in [-0.4, -0.2) is 19.1 Å². The molecule has 16 heavy (non-hydrogen) atoms. The van der Waals surface area contributed by atoms with Crippen molar-refractivity contribution in [1.82, 2.24) is 0 Å². The Kier molecular flexibility index (Phi) is 3.97. The molecule has 4 nitrogen and oxygen atoms in total. The number of benzene rings is 1. The number of methoxy groups -OCH3 is 1. The zero-order chi connectivity index (χ0) is 12.1. The molecule has 1 rings (SSSR count). The summed E-state index contributed by atoms with van der Waals surface area (Å²) in [4.78, 5) is 11.4. The van der Waals surface area contributed by atoms with E-state index in [1.165, 1.54) is 19.2 Å². The van der Waals surface area contributed by atoms with Crippen molar-refractivity contribution in [2.24, 2.45) is 0 Å². The first-order chi connectivity index (χ1) is 7.58. The van der Waals surface area contributed by atoms with Crippen LogP contribution in [0.3, 0.4) is 0 Å². The van der Waals surface area contributed by atoms with Crippen LogP contribution in [0.15, 0.2) is 18.2 Å². The van der Waals surface area contributed by atoms with Crippen molar-refractivity contribution < 1.29 is 13.9 Å². The smallest absolute Gasteiger partial charge is 0.253 e. The quantitative estimate of drug-likeness (QED) is 0.846. The van der Waals surface area contributed by atoms with Crippen molar-refractivity contribution in [1.29, 1.82) is 5.26 Å². The second-order valence-electron chi connectivity index (χ2n) is 3.17. The van der Waals surface area contributed by atoms with Gasteiger partial charge >= 0.3 is 0 Å². The number of carbonyl (C=O) groups is 1. The maximum Gasteiger partial charge on any atom is 0.253 e. The molecule has 84 valence electrons. The lowest BCUT2D eigenvalue weighted by molar-refractivity contribution is -0.124. The van der Waals surface area contributed by atoms with Gasteiger partial charge in [0.2, 0.25) is 0 Å². The molecule has 0 aliphatic carbocycles. The van der Waals surface area contributed by atoms with Gasteiger partial charge in [-0.2, -0.15) is 5.26 Å². The highest BCUT2D eigenvalue weighted by Crippen LogP contribution is 2.15. The van der Waals surface area contributed by atoms with Crippen LogP contribution >= 0.6 is 0 Å². The predicted molar refractivity (Wildman–Crippen MR) is 56.2 cm³/mol. The van der Waals surface area contributed by atoms with Gasteiger partial charge in [-0.15, -0.1) is 0 Å². The predicted octanol–water partition coefficient (Wildman–Crippen LogP) is 1.67. The molecule has 0 radical (unpaired) electrons. The molecule has 1 atom stereocenters. The van der Waals surface area contributed by atoms with Crippen LogP contribution in [0.5, 0.6) is 0 Å². The second kappa shape index (κ2) is 5.24. The Bertz CT molecular complexity index is 440. The highest BCUT2D eigenvalue weighted by Gasteiger charge is 2.13. The monoisotopic (exact) mass is 222 g/mol. The molecule has 0 aliphatic heterocycles. The molecular weight excluding hydrogens is 211 g/mol. The number of nitriles is 1. The molecule has 0 aliphatic rings. The van der Waals surface area contributed by atoms with Crippen LogP contribution in [0.25, 0.3) is 0 Å². The Balaban J connectivity index is 2.83. The molecule has 5 heteroatoms. The van der Waals surface area contributed by atoms with Gasteiger partial charge in [0, 0.05) is 7.11 Å². The molecule has 1 amide bonds. The lowest BCUT2D eigenvalue weighted by Crippen LogP contribution is -2.26. The van der Waals surface area contributed by atoms with Crippen LogP contribution in [0.1, 0.15) is 12.5 Å². The van der Waals surface area contributed by atoms with E-state index >= 15 is 0 Å². The number of hydrogen-bond acceptors (Lipinski definition) is 3. The van der Waals surface area contributed by atoms with Gasteiger partial charge < -0.3 is 10.1 Å². The number of ether oxygens (including phenoxy) is 1. The van der Waals surface area contributed by atoms with E-state index in [1.54, 1.807) is 13.0 Å². The van der Waals surface area contributed by atoms with Crippen LogP contribution in [-0.2, 0) is 9.53 Å². The molecule has 1 aromatic carbocycles. The van der Waals surface area contributed by atoms with Crippen molar-refractivity contribution in [3.63, 3.8) is 0 Å². The molecule has 0 heterocycles. The fourth-order valence-corrected chi connectivity index (χ4v) is 1.03. The summed E-state index contributed by atoms with van der Waals surface area (Å²) in [5.41, 5.74) is 0.239. The molecule has 0 saturated heterocycles. The standard InChI is InChI=1S/C11H11FN2O2/c1-7(16-2)11(15)14-10-4-3-8(6-13)5-9(10)12/h3-5,7H,1-2H3,(H,14,15). The Morgan fingerprint density at radius 2 is 2.31 bits per heavy atom. The van der Waals surface area contributed by atoms with E-state index in [-0.39, 0.29) is 11.3 Å². The largest absolute Gasteiger partial charge is 0.372 e. The Hall–Kier alpha value is -1.93. The van der Waals surface area contributed by atoms with E-state index in [0.717, 1.165) is 6.07 Å². The molecule has 0 spiro atoms. The summed E-state index contributed by atoms with van der Waals surface area (Å²) in [5, 5.41) is 10.9. The second-order valence-corrected chi connectivity index (χ2v) is 3.17. The number of carbonyl (C=O) groups excluding carboxylic acids is 1. The van der Waals surface area contributed by atoms with Crippen molar-refractivity contribution in [3.05, 3.63) is 29.6 Å². The lowest BCUT2D eigenvalue weighted by Gasteiger charge is -2.10. The van der Waals surface area contributed by atoms with E-state index < -0.39 is 17.8 Å². The van der Waals surface area contributed by atoms with Gasteiger partial charge in [0.15, 0.2) is 0 Å². The highest BCUT2D eigenvalue weighted by atomic mass is 19.1. The summed E-state index contributed by atoms with van der Waals surface area (Å²) in [7, 11) is 1.39. The fraction of sp³-hybridized carbons (Fsp3) is 0.273. The zero-order valence-electron chi connectivity index (χ0n) is 8.95. The van der Waals surface area contributed by atoms with Gasteiger partial charge in [0.25, 0.3) is 5.91 Å². The number of nitrogens with one attached hydrogen (secondary N) is 1. The fourth-order valence-electron chi connectivity index (χ4n) is 1.03. The molecule has 0 fully saturated rings. The van der Waals surface area contributed by atoms with E-state index in [4.69, 9.17) is 10.00 Å². The van der Waals surface area contributed by atoms with Crippen molar-refractivity contribution in [3.8, 4) is 6.07 Å². The minimum Gasteiger partial charge on any atom is -0.372 e. The van der Waals surface area contributed by atoms with Gasteiger partial charge in [-0.3, -0.25) is 4.79 Å². The first-order valence-corrected chi connectivity index (χ1v) is 4.61. The molecule has 1 unspecified atom stereocenters. The highest BCUT2D eigenvalue weighted by molar-refractivity contribution is 5.94. The minimum absolute atomic E-state index is 0.0351. The average molecular weight is 222 g/mol. The van der Waals surface area contributed by atoms with Gasteiger partial charge in [0.05, 0.1) is 17.3 Å². The lowest BCUT2D eigenvalue weighted by atomic mass is 10.2. The van der Waals surface area contributed by atoms with Crippen molar-refractivity contribution in [2.75, 3.05) is 12.4 Å². The number of hydrogen-bond donors (Lipinski definition) is 1. The number of rotatable bonds is 3. The topological polar surface area (TPSA) is 62.1 Å². The number of amides is 1. The SMILES string of the molecule is COC(C)C(=O)Nc1ccc(C#N)cc1F. The maximum absolute atomic E-state index is 13.4. The van der Waals surface area contributed by atoms with Crippen LogP contribution in [0, 0.1) is 17.1 Å². The summed E-state index contributed by atoms with van der Waals surface area (Å²) in [6, 6.07) is 5.64. The summed E-state index contributed by atoms with van der Waals surface area (Å²) in [6.07, 6.45) is -0.657. The van der Waals surface area contributed by atoms with Crippen LogP contribution < -0.4 is 5.32 Å². The maximum atomic E-state index is 13.4.